The molecule has 120 valence electrons. The van der Waals surface area contributed by atoms with Gasteiger partial charge in [0.2, 0.25) is 0 Å². The highest BCUT2D eigenvalue weighted by molar-refractivity contribution is 9.10. The van der Waals surface area contributed by atoms with E-state index in [-0.39, 0.29) is 17.5 Å². The summed E-state index contributed by atoms with van der Waals surface area (Å²) >= 11 is 3.61. The van der Waals surface area contributed by atoms with E-state index in [0.717, 1.165) is 23.9 Å². The van der Waals surface area contributed by atoms with Gasteiger partial charge in [-0.1, -0.05) is 47.5 Å². The largest absolute Gasteiger partial charge is 0.310 e. The maximum Gasteiger partial charge on any atom is 0.150 e. The molecule has 0 spiro atoms. The third kappa shape index (κ3) is 6.49. The van der Waals surface area contributed by atoms with Gasteiger partial charge in [0, 0.05) is 16.3 Å². The van der Waals surface area contributed by atoms with Gasteiger partial charge in [-0.15, -0.1) is 0 Å². The van der Waals surface area contributed by atoms with Crippen molar-refractivity contribution in [2.75, 3.05) is 18.1 Å². The van der Waals surface area contributed by atoms with Crippen LogP contribution in [0.5, 0.6) is 0 Å². The van der Waals surface area contributed by atoms with Crippen LogP contribution in [-0.2, 0) is 9.84 Å². The van der Waals surface area contributed by atoms with E-state index in [1.807, 2.05) is 0 Å². The Morgan fingerprint density at radius 1 is 1.29 bits per heavy atom. The number of hydrogen-bond donors (Lipinski definition) is 1. The highest BCUT2D eigenvalue weighted by atomic mass is 79.9. The van der Waals surface area contributed by atoms with Crippen LogP contribution in [0.1, 0.15) is 50.3 Å². The molecule has 0 bridgehead atoms. The third-order valence-corrected chi connectivity index (χ3v) is 6.07. The minimum atomic E-state index is -2.88. The average molecular weight is 376 g/mol. The Kier molecular flexibility index (Phi) is 7.92. The first kappa shape index (κ1) is 18.7. The van der Waals surface area contributed by atoms with Crippen LogP contribution in [-0.4, -0.2) is 26.5 Å². The van der Waals surface area contributed by atoms with Gasteiger partial charge in [-0.2, -0.15) is 0 Å². The van der Waals surface area contributed by atoms with E-state index in [1.165, 1.54) is 11.1 Å². The SMILES string of the molecule is CCCNC(CCCS(=O)(=O)CC)c1cc(C)ccc1Br. The minimum Gasteiger partial charge on any atom is -0.310 e. The van der Waals surface area contributed by atoms with Crippen LogP contribution in [0, 0.1) is 6.92 Å². The van der Waals surface area contributed by atoms with Crippen molar-refractivity contribution in [1.82, 2.24) is 5.32 Å². The lowest BCUT2D eigenvalue weighted by atomic mass is 10.0. The summed E-state index contributed by atoms with van der Waals surface area (Å²) in [5, 5.41) is 3.53. The van der Waals surface area contributed by atoms with Gasteiger partial charge in [0.15, 0.2) is 0 Å². The lowest BCUT2D eigenvalue weighted by Crippen LogP contribution is -2.23. The molecule has 21 heavy (non-hydrogen) atoms. The molecule has 0 saturated carbocycles. The molecule has 1 rings (SSSR count). The van der Waals surface area contributed by atoms with Gasteiger partial charge in [0.25, 0.3) is 0 Å². The van der Waals surface area contributed by atoms with Gasteiger partial charge in [-0.25, -0.2) is 8.42 Å². The van der Waals surface area contributed by atoms with Gasteiger partial charge in [0.1, 0.15) is 9.84 Å². The zero-order valence-corrected chi connectivity index (χ0v) is 15.6. The Morgan fingerprint density at radius 2 is 2.00 bits per heavy atom. The fourth-order valence-corrected chi connectivity index (χ4v) is 3.69. The summed E-state index contributed by atoms with van der Waals surface area (Å²) in [6, 6.07) is 6.51. The van der Waals surface area contributed by atoms with Crippen molar-refractivity contribution < 1.29 is 8.42 Å². The molecule has 0 saturated heterocycles. The first-order valence-electron chi connectivity index (χ1n) is 7.59. The molecule has 0 aliphatic rings. The molecule has 0 fully saturated rings. The van der Waals surface area contributed by atoms with Crippen LogP contribution >= 0.6 is 15.9 Å². The summed E-state index contributed by atoms with van der Waals surface area (Å²) in [6.45, 7) is 6.86. The minimum absolute atomic E-state index is 0.200. The summed E-state index contributed by atoms with van der Waals surface area (Å²) in [5.74, 6) is 0.505. The van der Waals surface area contributed by atoms with Gasteiger partial charge in [-0.3, -0.25) is 0 Å². The molecule has 0 radical (unpaired) electrons. The number of sulfone groups is 1. The number of benzene rings is 1. The lowest BCUT2D eigenvalue weighted by Gasteiger charge is -2.21. The molecule has 5 heteroatoms. The topological polar surface area (TPSA) is 46.2 Å². The number of aryl methyl sites for hydroxylation is 1. The summed E-state index contributed by atoms with van der Waals surface area (Å²) in [6.07, 6.45) is 2.59. The maximum absolute atomic E-state index is 11.6. The smallest absolute Gasteiger partial charge is 0.150 e. The predicted octanol–water partition coefficient (Wildman–Crippen LogP) is 4.01. The molecule has 0 amide bonds. The van der Waals surface area contributed by atoms with Crippen LogP contribution < -0.4 is 5.32 Å². The molecule has 0 aliphatic carbocycles. The quantitative estimate of drug-likeness (QED) is 0.708. The Morgan fingerprint density at radius 3 is 2.62 bits per heavy atom. The van der Waals surface area contributed by atoms with E-state index in [2.05, 4.69) is 53.3 Å². The van der Waals surface area contributed by atoms with E-state index in [1.54, 1.807) is 6.92 Å². The van der Waals surface area contributed by atoms with Crippen molar-refractivity contribution in [3.63, 3.8) is 0 Å². The van der Waals surface area contributed by atoms with Crippen LogP contribution in [0.25, 0.3) is 0 Å². The normalized spacial score (nSPS) is 13.3. The second-order valence-corrected chi connectivity index (χ2v) is 8.74. The van der Waals surface area contributed by atoms with Crippen molar-refractivity contribution in [3.05, 3.63) is 33.8 Å². The van der Waals surface area contributed by atoms with Gasteiger partial charge in [0.05, 0.1) is 5.75 Å². The lowest BCUT2D eigenvalue weighted by molar-refractivity contribution is 0.490. The third-order valence-electron chi connectivity index (χ3n) is 3.56. The molecular weight excluding hydrogens is 350 g/mol. The van der Waals surface area contributed by atoms with Crippen LogP contribution in [0.2, 0.25) is 0 Å². The standard InChI is InChI=1S/C16H26BrNO2S/c1-4-10-18-16(7-6-11-21(19,20)5-2)14-12-13(3)8-9-15(14)17/h8-9,12,16,18H,4-7,10-11H2,1-3H3. The number of hydrogen-bond acceptors (Lipinski definition) is 3. The average Bonchev–Trinajstić information content (AvgIpc) is 2.45. The zero-order valence-electron chi connectivity index (χ0n) is 13.2. The fourth-order valence-electron chi connectivity index (χ4n) is 2.27. The Balaban J connectivity index is 2.78. The van der Waals surface area contributed by atoms with Crippen molar-refractivity contribution in [3.8, 4) is 0 Å². The predicted molar refractivity (Wildman–Crippen MR) is 93.5 cm³/mol. The number of halogens is 1. The first-order valence-corrected chi connectivity index (χ1v) is 10.2. The molecule has 0 heterocycles. The molecule has 1 unspecified atom stereocenters. The molecule has 1 aromatic rings. The van der Waals surface area contributed by atoms with Crippen LogP contribution in [0.4, 0.5) is 0 Å². The molecular formula is C16H26BrNO2S. The monoisotopic (exact) mass is 375 g/mol. The molecule has 1 N–H and O–H groups in total. The van der Waals surface area contributed by atoms with E-state index >= 15 is 0 Å². The fraction of sp³-hybridized carbons (Fsp3) is 0.625. The Hall–Kier alpha value is -0.390. The molecule has 0 aromatic heterocycles. The van der Waals surface area contributed by atoms with E-state index in [9.17, 15) is 8.42 Å². The zero-order chi connectivity index (χ0) is 15.9. The van der Waals surface area contributed by atoms with Crippen molar-refractivity contribution >= 4 is 25.8 Å². The van der Waals surface area contributed by atoms with E-state index in [0.29, 0.717) is 6.42 Å². The summed E-state index contributed by atoms with van der Waals surface area (Å²) in [7, 11) is -2.88. The molecule has 1 atom stereocenters. The number of rotatable bonds is 9. The van der Waals surface area contributed by atoms with Crippen molar-refractivity contribution in [2.24, 2.45) is 0 Å². The second kappa shape index (κ2) is 8.91. The highest BCUT2D eigenvalue weighted by Gasteiger charge is 2.16. The number of nitrogens with one attached hydrogen (secondary N) is 1. The summed E-state index contributed by atoms with van der Waals surface area (Å²) in [5.41, 5.74) is 2.44. The molecule has 1 aromatic carbocycles. The van der Waals surface area contributed by atoms with Gasteiger partial charge < -0.3 is 5.32 Å². The van der Waals surface area contributed by atoms with Crippen molar-refractivity contribution in [2.45, 2.75) is 46.1 Å². The second-order valence-electron chi connectivity index (χ2n) is 5.41. The van der Waals surface area contributed by atoms with Crippen molar-refractivity contribution in [1.29, 1.82) is 0 Å². The van der Waals surface area contributed by atoms with Crippen LogP contribution in [0.3, 0.4) is 0 Å². The summed E-state index contributed by atoms with van der Waals surface area (Å²) in [4.78, 5) is 0. The summed E-state index contributed by atoms with van der Waals surface area (Å²) < 4.78 is 24.3. The maximum atomic E-state index is 11.6. The van der Waals surface area contributed by atoms with E-state index < -0.39 is 9.84 Å². The van der Waals surface area contributed by atoms with Crippen LogP contribution in [0.15, 0.2) is 22.7 Å². The first-order chi connectivity index (χ1) is 9.89. The van der Waals surface area contributed by atoms with Gasteiger partial charge >= 0.3 is 0 Å². The molecule has 0 aliphatic heterocycles. The van der Waals surface area contributed by atoms with Gasteiger partial charge in [-0.05, 0) is 44.4 Å². The Labute approximate surface area is 137 Å². The molecule has 3 nitrogen and oxygen atoms in total. The Bertz CT molecular complexity index is 543. The van der Waals surface area contributed by atoms with E-state index in [4.69, 9.17) is 0 Å². The highest BCUT2D eigenvalue weighted by Crippen LogP contribution is 2.28.